The fourth-order valence-corrected chi connectivity index (χ4v) is 3.28. The summed E-state index contributed by atoms with van der Waals surface area (Å²) in [7, 11) is 2.00. The van der Waals surface area contributed by atoms with E-state index < -0.39 is 0 Å². The van der Waals surface area contributed by atoms with E-state index in [0.717, 1.165) is 27.6 Å². The highest BCUT2D eigenvalue weighted by Gasteiger charge is 2.18. The number of nitrogens with zero attached hydrogens (tertiary/aromatic N) is 3. The van der Waals surface area contributed by atoms with Crippen molar-refractivity contribution in [1.29, 1.82) is 10.5 Å². The van der Waals surface area contributed by atoms with Gasteiger partial charge in [-0.1, -0.05) is 0 Å². The molecule has 0 aliphatic rings. The lowest BCUT2D eigenvalue weighted by Gasteiger charge is -2.04. The zero-order chi connectivity index (χ0) is 17.6. The van der Waals surface area contributed by atoms with Gasteiger partial charge in [0, 0.05) is 22.9 Å². The first-order valence-corrected chi connectivity index (χ1v) is 7.89. The van der Waals surface area contributed by atoms with E-state index >= 15 is 0 Å². The van der Waals surface area contributed by atoms with E-state index in [2.05, 4.69) is 35.8 Å². The summed E-state index contributed by atoms with van der Waals surface area (Å²) in [6.07, 6.45) is 2.00. The van der Waals surface area contributed by atoms with Gasteiger partial charge in [-0.3, -0.25) is 0 Å². The first kappa shape index (κ1) is 14.9. The van der Waals surface area contributed by atoms with Gasteiger partial charge in [0.15, 0.2) is 11.8 Å². The topological polar surface area (TPSA) is 64.6 Å². The molecule has 0 bridgehead atoms. The molecule has 0 aliphatic heterocycles. The first-order chi connectivity index (χ1) is 12.1. The standard InChI is InChI=1S/C21H14N3O/c1-13-9-17-15-7-6-14(11-22)18(12-23)21(15)25-20(17)10-16(13)19-5-3-4-8-24(19)2/h3-10H,1-2H3/q+1. The van der Waals surface area contributed by atoms with E-state index in [1.165, 1.54) is 0 Å². The van der Waals surface area contributed by atoms with Crippen molar-refractivity contribution in [3.05, 3.63) is 65.4 Å². The molecule has 0 saturated carbocycles. The summed E-state index contributed by atoms with van der Waals surface area (Å²) < 4.78 is 8.05. The third-order valence-electron chi connectivity index (χ3n) is 4.55. The number of nitriles is 2. The van der Waals surface area contributed by atoms with Gasteiger partial charge in [-0.25, -0.2) is 4.57 Å². The van der Waals surface area contributed by atoms with Crippen molar-refractivity contribution < 1.29 is 8.98 Å². The zero-order valence-electron chi connectivity index (χ0n) is 13.9. The van der Waals surface area contributed by atoms with Crippen LogP contribution in [-0.4, -0.2) is 0 Å². The Morgan fingerprint density at radius 1 is 1.00 bits per heavy atom. The minimum absolute atomic E-state index is 0.292. The first-order valence-electron chi connectivity index (χ1n) is 7.89. The number of hydrogen-bond acceptors (Lipinski definition) is 3. The Morgan fingerprint density at radius 3 is 2.56 bits per heavy atom. The molecular weight excluding hydrogens is 310 g/mol. The lowest BCUT2D eigenvalue weighted by molar-refractivity contribution is -0.660. The van der Waals surface area contributed by atoms with Crippen molar-refractivity contribution in [2.45, 2.75) is 6.92 Å². The Bertz CT molecular complexity index is 1240. The molecule has 0 amide bonds. The maximum Gasteiger partial charge on any atom is 0.212 e. The van der Waals surface area contributed by atoms with Gasteiger partial charge in [-0.05, 0) is 42.8 Å². The SMILES string of the molecule is Cc1cc2c(cc1-c1cccc[n+]1C)oc1c(C#N)c(C#N)ccc12. The van der Waals surface area contributed by atoms with Crippen molar-refractivity contribution in [1.82, 2.24) is 0 Å². The van der Waals surface area contributed by atoms with E-state index in [-0.39, 0.29) is 0 Å². The Hall–Kier alpha value is -3.63. The Morgan fingerprint density at radius 2 is 1.84 bits per heavy atom. The van der Waals surface area contributed by atoms with Crippen molar-refractivity contribution in [3.8, 4) is 23.4 Å². The number of aromatic nitrogens is 1. The third-order valence-corrected chi connectivity index (χ3v) is 4.55. The second-order valence-corrected chi connectivity index (χ2v) is 6.05. The van der Waals surface area contributed by atoms with E-state index in [0.29, 0.717) is 22.3 Å². The predicted octanol–water partition coefficient (Wildman–Crippen LogP) is 4.13. The van der Waals surface area contributed by atoms with Gasteiger partial charge in [-0.15, -0.1) is 0 Å². The Kier molecular flexibility index (Phi) is 3.27. The van der Waals surface area contributed by atoms with Crippen molar-refractivity contribution >= 4 is 21.9 Å². The van der Waals surface area contributed by atoms with Crippen LogP contribution in [0.15, 0.2) is 53.1 Å². The molecule has 0 saturated heterocycles. The summed E-state index contributed by atoms with van der Waals surface area (Å²) >= 11 is 0. The molecule has 4 heteroatoms. The van der Waals surface area contributed by atoms with Gasteiger partial charge in [0.2, 0.25) is 5.69 Å². The molecule has 0 aliphatic carbocycles. The van der Waals surface area contributed by atoms with Gasteiger partial charge < -0.3 is 4.42 Å². The average molecular weight is 324 g/mol. The largest absolute Gasteiger partial charge is 0.455 e. The normalized spacial score (nSPS) is 10.7. The summed E-state index contributed by atoms with van der Waals surface area (Å²) in [4.78, 5) is 0. The molecule has 4 aromatic rings. The van der Waals surface area contributed by atoms with Crippen LogP contribution in [0.1, 0.15) is 16.7 Å². The summed E-state index contributed by atoms with van der Waals surface area (Å²) in [5, 5.41) is 20.5. The molecular formula is C21H14N3O+. The van der Waals surface area contributed by atoms with Crippen LogP contribution in [0.4, 0.5) is 0 Å². The zero-order valence-corrected chi connectivity index (χ0v) is 13.9. The van der Waals surface area contributed by atoms with Crippen molar-refractivity contribution in [2.75, 3.05) is 0 Å². The number of rotatable bonds is 1. The monoisotopic (exact) mass is 324 g/mol. The minimum Gasteiger partial charge on any atom is -0.455 e. The number of pyridine rings is 1. The van der Waals surface area contributed by atoms with Gasteiger partial charge >= 0.3 is 0 Å². The van der Waals surface area contributed by atoms with Crippen LogP contribution in [0.3, 0.4) is 0 Å². The molecule has 4 nitrogen and oxygen atoms in total. The number of furan rings is 1. The minimum atomic E-state index is 0.292. The lowest BCUT2D eigenvalue weighted by atomic mass is 10.00. The number of benzene rings is 2. The van der Waals surface area contributed by atoms with Gasteiger partial charge in [0.25, 0.3) is 0 Å². The van der Waals surface area contributed by atoms with Crippen LogP contribution >= 0.6 is 0 Å². The van der Waals surface area contributed by atoms with E-state index in [4.69, 9.17) is 4.42 Å². The predicted molar refractivity (Wildman–Crippen MR) is 94.5 cm³/mol. The van der Waals surface area contributed by atoms with Crippen LogP contribution in [-0.2, 0) is 7.05 Å². The second kappa shape index (κ2) is 5.47. The maximum atomic E-state index is 9.43. The highest BCUT2D eigenvalue weighted by molar-refractivity contribution is 6.08. The molecule has 2 aromatic heterocycles. The number of aryl methyl sites for hydroxylation is 2. The highest BCUT2D eigenvalue weighted by atomic mass is 16.3. The van der Waals surface area contributed by atoms with Crippen LogP contribution in [0.2, 0.25) is 0 Å². The summed E-state index contributed by atoms with van der Waals surface area (Å²) in [6, 6.07) is 17.8. The van der Waals surface area contributed by atoms with Crippen LogP contribution in [0.5, 0.6) is 0 Å². The number of hydrogen-bond donors (Lipinski definition) is 0. The number of fused-ring (bicyclic) bond motifs is 3. The Balaban J connectivity index is 2.08. The molecule has 0 radical (unpaired) electrons. The smallest absolute Gasteiger partial charge is 0.212 e. The third kappa shape index (κ3) is 2.16. The Labute approximate surface area is 144 Å². The quantitative estimate of drug-likeness (QED) is 0.495. The van der Waals surface area contributed by atoms with E-state index in [9.17, 15) is 10.5 Å². The summed E-state index contributed by atoms with van der Waals surface area (Å²) in [5.74, 6) is 0. The second-order valence-electron chi connectivity index (χ2n) is 6.05. The molecule has 0 unspecified atom stereocenters. The molecule has 2 heterocycles. The molecule has 118 valence electrons. The van der Waals surface area contributed by atoms with Gasteiger partial charge in [0.05, 0.1) is 11.1 Å². The van der Waals surface area contributed by atoms with Crippen molar-refractivity contribution in [3.63, 3.8) is 0 Å². The average Bonchev–Trinajstić information content (AvgIpc) is 2.98. The highest BCUT2D eigenvalue weighted by Crippen LogP contribution is 2.35. The molecule has 0 atom stereocenters. The fraction of sp³-hybridized carbons (Fsp3) is 0.0952. The van der Waals surface area contributed by atoms with E-state index in [1.807, 2.05) is 37.5 Å². The molecule has 0 N–H and O–H groups in total. The maximum absolute atomic E-state index is 9.43. The van der Waals surface area contributed by atoms with E-state index in [1.54, 1.807) is 6.07 Å². The van der Waals surface area contributed by atoms with Crippen LogP contribution in [0.25, 0.3) is 33.2 Å². The van der Waals surface area contributed by atoms with Crippen molar-refractivity contribution in [2.24, 2.45) is 7.05 Å². The fourth-order valence-electron chi connectivity index (χ4n) is 3.28. The summed E-state index contributed by atoms with van der Waals surface area (Å²) in [5.41, 5.74) is 5.10. The molecule has 25 heavy (non-hydrogen) atoms. The molecule has 0 spiro atoms. The van der Waals surface area contributed by atoms with Crippen LogP contribution in [0, 0.1) is 29.6 Å². The molecule has 0 fully saturated rings. The van der Waals surface area contributed by atoms with Gasteiger partial charge in [0.1, 0.15) is 30.3 Å². The van der Waals surface area contributed by atoms with Crippen LogP contribution < -0.4 is 4.57 Å². The summed E-state index contributed by atoms with van der Waals surface area (Å²) in [6.45, 7) is 2.06. The lowest BCUT2D eigenvalue weighted by Crippen LogP contribution is -2.30. The van der Waals surface area contributed by atoms with Gasteiger partial charge in [-0.2, -0.15) is 10.5 Å². The molecule has 2 aromatic carbocycles. The molecule has 4 rings (SSSR count).